The first-order chi connectivity index (χ1) is 10.1. The number of halogens is 1. The molecule has 0 bridgehead atoms. The van der Waals surface area contributed by atoms with Crippen molar-refractivity contribution < 1.29 is 18.7 Å². The van der Waals surface area contributed by atoms with Gasteiger partial charge in [-0.15, -0.1) is 0 Å². The average Bonchev–Trinajstić information content (AvgIpc) is 2.49. The topological polar surface area (TPSA) is 47.6 Å². The van der Waals surface area contributed by atoms with Crippen LogP contribution in [0.15, 0.2) is 48.5 Å². The van der Waals surface area contributed by atoms with Crippen LogP contribution in [0.2, 0.25) is 0 Å². The molecule has 110 valence electrons. The molecule has 1 unspecified atom stereocenters. The molecule has 0 fully saturated rings. The van der Waals surface area contributed by atoms with Crippen molar-refractivity contribution in [3.05, 3.63) is 54.3 Å². The smallest absolute Gasteiger partial charge is 0.265 e. The lowest BCUT2D eigenvalue weighted by Crippen LogP contribution is -2.30. The van der Waals surface area contributed by atoms with E-state index in [1.165, 1.54) is 24.3 Å². The normalized spacial score (nSPS) is 11.6. The fraction of sp³-hybridized carbons (Fsp3) is 0.188. The van der Waals surface area contributed by atoms with E-state index in [0.717, 1.165) is 0 Å². The van der Waals surface area contributed by atoms with Gasteiger partial charge in [0.1, 0.15) is 17.3 Å². The van der Waals surface area contributed by atoms with Gasteiger partial charge in [-0.25, -0.2) is 4.39 Å². The van der Waals surface area contributed by atoms with Crippen LogP contribution in [0.4, 0.5) is 10.1 Å². The van der Waals surface area contributed by atoms with Gasteiger partial charge in [-0.3, -0.25) is 4.79 Å². The Morgan fingerprint density at radius 3 is 2.48 bits per heavy atom. The number of nitrogens with one attached hydrogen (secondary N) is 1. The molecule has 0 saturated carbocycles. The Kier molecular flexibility index (Phi) is 4.77. The van der Waals surface area contributed by atoms with Crippen LogP contribution < -0.4 is 14.8 Å². The summed E-state index contributed by atoms with van der Waals surface area (Å²) in [5, 5.41) is 2.66. The van der Waals surface area contributed by atoms with Gasteiger partial charge in [0.15, 0.2) is 6.10 Å². The van der Waals surface area contributed by atoms with Gasteiger partial charge in [-0.05, 0) is 43.3 Å². The molecule has 4 nitrogen and oxygen atoms in total. The number of benzene rings is 2. The zero-order valence-electron chi connectivity index (χ0n) is 11.8. The summed E-state index contributed by atoms with van der Waals surface area (Å²) in [4.78, 5) is 12.0. The van der Waals surface area contributed by atoms with E-state index < -0.39 is 6.10 Å². The van der Waals surface area contributed by atoms with Crippen molar-refractivity contribution in [1.29, 1.82) is 0 Å². The van der Waals surface area contributed by atoms with Gasteiger partial charge in [0.05, 0.1) is 7.11 Å². The molecule has 0 aliphatic rings. The molecule has 1 atom stereocenters. The van der Waals surface area contributed by atoms with Crippen molar-refractivity contribution in [2.75, 3.05) is 12.4 Å². The summed E-state index contributed by atoms with van der Waals surface area (Å²) in [5.74, 6) is 0.521. The van der Waals surface area contributed by atoms with Crippen LogP contribution in [-0.2, 0) is 4.79 Å². The molecule has 2 aromatic carbocycles. The molecule has 2 rings (SSSR count). The third kappa shape index (κ3) is 4.21. The maximum Gasteiger partial charge on any atom is 0.265 e. The van der Waals surface area contributed by atoms with Gasteiger partial charge in [0.25, 0.3) is 5.91 Å². The maximum absolute atomic E-state index is 12.8. The fourth-order valence-corrected chi connectivity index (χ4v) is 1.71. The Labute approximate surface area is 122 Å². The molecule has 0 heterocycles. The Hall–Kier alpha value is -2.56. The van der Waals surface area contributed by atoms with Gasteiger partial charge in [0.2, 0.25) is 0 Å². The highest BCUT2D eigenvalue weighted by Crippen LogP contribution is 2.20. The summed E-state index contributed by atoms with van der Waals surface area (Å²) in [6.07, 6.45) is -0.692. The van der Waals surface area contributed by atoms with Crippen LogP contribution in [0, 0.1) is 5.82 Å². The summed E-state index contributed by atoms with van der Waals surface area (Å²) in [6, 6.07) is 12.5. The van der Waals surface area contributed by atoms with Crippen LogP contribution in [0.3, 0.4) is 0 Å². The number of anilines is 1. The number of hydrogen-bond donors (Lipinski definition) is 1. The molecular weight excluding hydrogens is 273 g/mol. The predicted octanol–water partition coefficient (Wildman–Crippen LogP) is 3.24. The summed E-state index contributed by atoms with van der Waals surface area (Å²) in [6.45, 7) is 1.64. The lowest BCUT2D eigenvalue weighted by molar-refractivity contribution is -0.122. The third-order valence-corrected chi connectivity index (χ3v) is 2.84. The second-order valence-corrected chi connectivity index (χ2v) is 4.44. The minimum Gasteiger partial charge on any atom is -0.497 e. The lowest BCUT2D eigenvalue weighted by atomic mass is 10.3. The van der Waals surface area contributed by atoms with E-state index in [1.54, 1.807) is 38.3 Å². The third-order valence-electron chi connectivity index (χ3n) is 2.84. The number of carbonyl (C=O) groups is 1. The highest BCUT2D eigenvalue weighted by Gasteiger charge is 2.15. The molecule has 0 aromatic heterocycles. The van der Waals surface area contributed by atoms with Crippen LogP contribution in [-0.4, -0.2) is 19.1 Å². The molecule has 21 heavy (non-hydrogen) atoms. The summed E-state index contributed by atoms with van der Waals surface area (Å²) < 4.78 is 23.4. The first-order valence-electron chi connectivity index (χ1n) is 6.45. The molecule has 1 N–H and O–H groups in total. The van der Waals surface area contributed by atoms with E-state index in [9.17, 15) is 9.18 Å². The molecular formula is C16H16FNO3. The highest BCUT2D eigenvalue weighted by atomic mass is 19.1. The zero-order chi connectivity index (χ0) is 15.2. The van der Waals surface area contributed by atoms with E-state index in [4.69, 9.17) is 9.47 Å². The van der Waals surface area contributed by atoms with Crippen LogP contribution in [0.25, 0.3) is 0 Å². The molecule has 0 radical (unpaired) electrons. The average molecular weight is 289 g/mol. The monoisotopic (exact) mass is 289 g/mol. The van der Waals surface area contributed by atoms with Gasteiger partial charge in [-0.1, -0.05) is 6.07 Å². The predicted molar refractivity (Wildman–Crippen MR) is 78.1 cm³/mol. The Morgan fingerprint density at radius 1 is 1.14 bits per heavy atom. The van der Waals surface area contributed by atoms with Crippen LogP contribution in [0.5, 0.6) is 11.5 Å². The second kappa shape index (κ2) is 6.74. The van der Waals surface area contributed by atoms with Gasteiger partial charge in [0, 0.05) is 11.8 Å². The van der Waals surface area contributed by atoms with Crippen molar-refractivity contribution >= 4 is 11.6 Å². The van der Waals surface area contributed by atoms with Crippen molar-refractivity contribution in [3.8, 4) is 11.5 Å². The van der Waals surface area contributed by atoms with Crippen molar-refractivity contribution in [2.24, 2.45) is 0 Å². The molecule has 0 aliphatic heterocycles. The first kappa shape index (κ1) is 14.8. The summed E-state index contributed by atoms with van der Waals surface area (Å²) >= 11 is 0. The van der Waals surface area contributed by atoms with Gasteiger partial charge >= 0.3 is 0 Å². The highest BCUT2D eigenvalue weighted by molar-refractivity contribution is 5.94. The lowest BCUT2D eigenvalue weighted by Gasteiger charge is -2.15. The maximum atomic E-state index is 12.8. The van der Waals surface area contributed by atoms with E-state index in [2.05, 4.69) is 5.32 Å². The summed E-state index contributed by atoms with van der Waals surface area (Å²) in [5.41, 5.74) is 0.516. The zero-order valence-corrected chi connectivity index (χ0v) is 11.8. The number of amides is 1. The van der Waals surface area contributed by atoms with Crippen LogP contribution >= 0.6 is 0 Å². The second-order valence-electron chi connectivity index (χ2n) is 4.44. The molecule has 1 amide bonds. The van der Waals surface area contributed by atoms with Crippen molar-refractivity contribution in [3.63, 3.8) is 0 Å². The number of carbonyl (C=O) groups excluding carboxylic acids is 1. The minimum atomic E-state index is -0.692. The number of ether oxygens (including phenoxy) is 2. The molecule has 5 heteroatoms. The van der Waals surface area contributed by atoms with E-state index in [-0.39, 0.29) is 11.7 Å². The van der Waals surface area contributed by atoms with E-state index >= 15 is 0 Å². The van der Waals surface area contributed by atoms with Gasteiger partial charge < -0.3 is 14.8 Å². The SMILES string of the molecule is COc1cccc(OC(C)C(=O)Nc2ccc(F)cc2)c1. The van der Waals surface area contributed by atoms with Crippen molar-refractivity contribution in [2.45, 2.75) is 13.0 Å². The Balaban J connectivity index is 1.97. The standard InChI is InChI=1S/C16H16FNO3/c1-11(21-15-5-3-4-14(10-15)20-2)16(19)18-13-8-6-12(17)7-9-13/h3-11H,1-2H3,(H,18,19). The molecule has 0 aliphatic carbocycles. The Bertz CT molecular complexity index is 613. The van der Waals surface area contributed by atoms with Crippen LogP contribution in [0.1, 0.15) is 6.92 Å². The fourth-order valence-electron chi connectivity index (χ4n) is 1.71. The number of hydrogen-bond acceptors (Lipinski definition) is 3. The molecule has 0 spiro atoms. The van der Waals surface area contributed by atoms with Crippen molar-refractivity contribution in [1.82, 2.24) is 0 Å². The van der Waals surface area contributed by atoms with E-state index in [0.29, 0.717) is 17.2 Å². The van der Waals surface area contributed by atoms with E-state index in [1.807, 2.05) is 0 Å². The molecule has 0 saturated heterocycles. The van der Waals surface area contributed by atoms with Gasteiger partial charge in [-0.2, -0.15) is 0 Å². The number of methoxy groups -OCH3 is 1. The largest absolute Gasteiger partial charge is 0.497 e. The number of rotatable bonds is 5. The quantitative estimate of drug-likeness (QED) is 0.919. The summed E-state index contributed by atoms with van der Waals surface area (Å²) in [7, 11) is 1.56. The first-order valence-corrected chi connectivity index (χ1v) is 6.45. The Morgan fingerprint density at radius 2 is 1.81 bits per heavy atom. The molecule has 2 aromatic rings. The minimum absolute atomic E-state index is 0.315.